The van der Waals surface area contributed by atoms with Crippen LogP contribution in [0.25, 0.3) is 21.9 Å². The van der Waals surface area contributed by atoms with Crippen molar-refractivity contribution in [2.75, 3.05) is 0 Å². The molecule has 0 spiro atoms. The molecule has 0 saturated heterocycles. The molecule has 5 rings (SSSR count). The van der Waals surface area contributed by atoms with Gasteiger partial charge in [-0.2, -0.15) is 10.5 Å². The molecular weight excluding hydrogens is 595 g/mol. The summed E-state index contributed by atoms with van der Waals surface area (Å²) >= 11 is 2.17. The number of aromatic nitrogens is 2. The van der Waals surface area contributed by atoms with Gasteiger partial charge in [0, 0.05) is 16.2 Å². The summed E-state index contributed by atoms with van der Waals surface area (Å²) in [5.41, 5.74) is 5.96. The molecule has 1 aromatic heterocycles. The quantitative estimate of drug-likeness (QED) is 0.188. The molecule has 0 amide bonds. The summed E-state index contributed by atoms with van der Waals surface area (Å²) in [6, 6.07) is 30.5. The molecule has 7 heteroatoms. The maximum atomic E-state index is 9.91. The number of ether oxygens (including phenoxy) is 1. The Morgan fingerprint density at radius 3 is 2.41 bits per heavy atom. The molecule has 37 heavy (non-hydrogen) atoms. The number of benzene rings is 4. The van der Waals surface area contributed by atoms with Gasteiger partial charge in [-0.05, 0) is 74.3 Å². The Kier molecular flexibility index (Phi) is 8.25. The third-order valence-corrected chi connectivity index (χ3v) is 7.13. The smallest absolute Gasteiger partial charge is 0.124 e. The van der Waals surface area contributed by atoms with E-state index in [1.54, 1.807) is 6.33 Å². The van der Waals surface area contributed by atoms with Gasteiger partial charge in [-0.15, -0.1) is 12.4 Å². The standard InChI is InChI=1S/C30H21IN4O.ClH/c1-35-19-34-17-29(35)30(36-18-20-9-10-24(16-33)28(31)13-20)22-11-12-23(15-32)27(14-22)26-8-4-6-21-5-2-3-7-25(21)26;/h2-14,17,19,30H,18H2,1H3;1H. The van der Waals surface area contributed by atoms with E-state index < -0.39 is 6.10 Å². The van der Waals surface area contributed by atoms with E-state index >= 15 is 0 Å². The van der Waals surface area contributed by atoms with E-state index in [4.69, 9.17) is 4.74 Å². The molecule has 182 valence electrons. The highest BCUT2D eigenvalue weighted by atomic mass is 127. The van der Waals surface area contributed by atoms with Crippen molar-refractivity contribution in [2.24, 2.45) is 7.05 Å². The van der Waals surface area contributed by atoms with Gasteiger partial charge in [0.05, 0.1) is 42.0 Å². The average molecular weight is 617 g/mol. The van der Waals surface area contributed by atoms with Gasteiger partial charge in [0.2, 0.25) is 0 Å². The number of halogens is 2. The van der Waals surface area contributed by atoms with E-state index in [2.05, 4.69) is 70.0 Å². The number of nitrogens with zero attached hydrogens (tertiary/aromatic N) is 4. The zero-order chi connectivity index (χ0) is 25.1. The third-order valence-electron chi connectivity index (χ3n) is 6.24. The molecule has 0 radical (unpaired) electrons. The minimum Gasteiger partial charge on any atom is -0.363 e. The third kappa shape index (κ3) is 5.38. The number of aryl methyl sites for hydroxylation is 1. The molecule has 0 saturated carbocycles. The van der Waals surface area contributed by atoms with Crippen LogP contribution in [-0.2, 0) is 18.4 Å². The van der Waals surface area contributed by atoms with Crippen LogP contribution in [0.2, 0.25) is 0 Å². The molecule has 1 unspecified atom stereocenters. The summed E-state index contributed by atoms with van der Waals surface area (Å²) in [6.45, 7) is 0.362. The van der Waals surface area contributed by atoms with Crippen LogP contribution < -0.4 is 0 Å². The van der Waals surface area contributed by atoms with Crippen LogP contribution in [0.3, 0.4) is 0 Å². The van der Waals surface area contributed by atoms with Crippen molar-refractivity contribution >= 4 is 45.8 Å². The fourth-order valence-electron chi connectivity index (χ4n) is 4.40. The molecule has 5 aromatic rings. The molecule has 0 aliphatic rings. The van der Waals surface area contributed by atoms with Gasteiger partial charge in [0.15, 0.2) is 0 Å². The molecule has 4 aromatic carbocycles. The van der Waals surface area contributed by atoms with Crippen LogP contribution in [0, 0.1) is 26.2 Å². The Morgan fingerprint density at radius 1 is 0.919 bits per heavy atom. The van der Waals surface area contributed by atoms with Gasteiger partial charge < -0.3 is 9.30 Å². The molecule has 0 N–H and O–H groups in total. The van der Waals surface area contributed by atoms with Crippen LogP contribution in [0.4, 0.5) is 0 Å². The zero-order valence-electron chi connectivity index (χ0n) is 19.9. The van der Waals surface area contributed by atoms with Crippen LogP contribution in [-0.4, -0.2) is 9.55 Å². The summed E-state index contributed by atoms with van der Waals surface area (Å²) in [4.78, 5) is 4.31. The molecule has 0 bridgehead atoms. The van der Waals surface area contributed by atoms with Crippen molar-refractivity contribution in [1.29, 1.82) is 10.5 Å². The lowest BCUT2D eigenvalue weighted by atomic mass is 9.92. The highest BCUT2D eigenvalue weighted by molar-refractivity contribution is 14.1. The first kappa shape index (κ1) is 26.4. The SMILES string of the molecule is Cl.Cn1cncc1C(OCc1ccc(C#N)c(I)c1)c1ccc(C#N)c(-c2cccc3ccccc23)c1. The van der Waals surface area contributed by atoms with E-state index in [0.29, 0.717) is 17.7 Å². The Bertz CT molecular complexity index is 1660. The molecule has 1 heterocycles. The Hall–Kier alpha value is -3.69. The Balaban J connectivity index is 0.00000320. The van der Waals surface area contributed by atoms with Gasteiger partial charge in [0.25, 0.3) is 0 Å². The molecule has 5 nitrogen and oxygen atoms in total. The topological polar surface area (TPSA) is 74.6 Å². The van der Waals surface area contributed by atoms with E-state index in [-0.39, 0.29) is 12.4 Å². The maximum Gasteiger partial charge on any atom is 0.124 e. The van der Waals surface area contributed by atoms with Gasteiger partial charge in [-0.1, -0.05) is 54.6 Å². The molecule has 0 aliphatic heterocycles. The summed E-state index contributed by atoms with van der Waals surface area (Å²) in [7, 11) is 1.94. The number of hydrogen-bond acceptors (Lipinski definition) is 4. The highest BCUT2D eigenvalue weighted by Crippen LogP contribution is 2.35. The van der Waals surface area contributed by atoms with Crippen molar-refractivity contribution in [3.05, 3.63) is 123 Å². The van der Waals surface area contributed by atoms with E-state index in [1.807, 2.05) is 66.3 Å². The zero-order valence-corrected chi connectivity index (χ0v) is 22.9. The van der Waals surface area contributed by atoms with Crippen molar-refractivity contribution in [3.63, 3.8) is 0 Å². The monoisotopic (exact) mass is 616 g/mol. The van der Waals surface area contributed by atoms with E-state index in [9.17, 15) is 10.5 Å². The maximum absolute atomic E-state index is 9.91. The fraction of sp³-hybridized carbons (Fsp3) is 0.100. The predicted molar refractivity (Wildman–Crippen MR) is 155 cm³/mol. The largest absolute Gasteiger partial charge is 0.363 e. The van der Waals surface area contributed by atoms with Crippen LogP contribution in [0.1, 0.15) is 34.1 Å². The normalized spacial score (nSPS) is 11.4. The van der Waals surface area contributed by atoms with Crippen molar-refractivity contribution in [1.82, 2.24) is 9.55 Å². The van der Waals surface area contributed by atoms with Crippen molar-refractivity contribution < 1.29 is 4.74 Å². The van der Waals surface area contributed by atoms with Gasteiger partial charge in [-0.25, -0.2) is 4.98 Å². The lowest BCUT2D eigenvalue weighted by Gasteiger charge is -2.21. The fourth-order valence-corrected chi connectivity index (χ4v) is 5.10. The van der Waals surface area contributed by atoms with Crippen LogP contribution >= 0.6 is 35.0 Å². The average Bonchev–Trinajstić information content (AvgIpc) is 3.34. The first-order chi connectivity index (χ1) is 17.6. The minimum absolute atomic E-state index is 0. The summed E-state index contributed by atoms with van der Waals surface area (Å²) < 4.78 is 9.33. The summed E-state index contributed by atoms with van der Waals surface area (Å²) in [5.74, 6) is 0. The highest BCUT2D eigenvalue weighted by Gasteiger charge is 2.21. The first-order valence-electron chi connectivity index (χ1n) is 11.4. The Morgan fingerprint density at radius 2 is 1.68 bits per heavy atom. The number of imidazole rings is 1. The molecule has 0 fully saturated rings. The lowest BCUT2D eigenvalue weighted by molar-refractivity contribution is 0.0622. The van der Waals surface area contributed by atoms with Gasteiger partial charge >= 0.3 is 0 Å². The van der Waals surface area contributed by atoms with Gasteiger partial charge in [-0.3, -0.25) is 0 Å². The molecule has 0 aliphatic carbocycles. The summed E-state index contributed by atoms with van der Waals surface area (Å²) in [5, 5.41) is 21.4. The van der Waals surface area contributed by atoms with E-state index in [0.717, 1.165) is 42.3 Å². The number of rotatable bonds is 6. The van der Waals surface area contributed by atoms with Crippen LogP contribution in [0.15, 0.2) is 91.4 Å². The second kappa shape index (κ2) is 11.6. The van der Waals surface area contributed by atoms with E-state index in [1.165, 1.54) is 0 Å². The second-order valence-electron chi connectivity index (χ2n) is 8.49. The second-order valence-corrected chi connectivity index (χ2v) is 9.65. The molecular formula is C30H22ClIN4O. The van der Waals surface area contributed by atoms with Crippen LogP contribution in [0.5, 0.6) is 0 Å². The number of nitriles is 2. The van der Waals surface area contributed by atoms with Crippen molar-refractivity contribution in [3.8, 4) is 23.3 Å². The van der Waals surface area contributed by atoms with Crippen molar-refractivity contribution in [2.45, 2.75) is 12.7 Å². The minimum atomic E-state index is -0.396. The Labute approximate surface area is 235 Å². The lowest BCUT2D eigenvalue weighted by Crippen LogP contribution is -2.11. The first-order valence-corrected chi connectivity index (χ1v) is 12.5. The molecule has 1 atom stereocenters. The predicted octanol–water partition coefficient (Wildman–Crippen LogP) is 7.32. The number of fused-ring (bicyclic) bond motifs is 1. The summed E-state index contributed by atoms with van der Waals surface area (Å²) in [6.07, 6.45) is 3.17. The van der Waals surface area contributed by atoms with Gasteiger partial charge in [0.1, 0.15) is 12.2 Å². The number of hydrogen-bond donors (Lipinski definition) is 0.